The number of pyridine rings is 1. The second-order valence-corrected chi connectivity index (χ2v) is 8.21. The number of aryl methyl sites for hydroxylation is 2. The van der Waals surface area contributed by atoms with E-state index in [0.717, 1.165) is 30.0 Å². The van der Waals surface area contributed by atoms with Crippen molar-refractivity contribution in [3.8, 4) is 0 Å². The van der Waals surface area contributed by atoms with Crippen molar-refractivity contribution < 1.29 is 9.47 Å². The molecule has 0 amide bonds. The molecule has 4 atom stereocenters. The van der Waals surface area contributed by atoms with E-state index in [0.29, 0.717) is 25.0 Å². The summed E-state index contributed by atoms with van der Waals surface area (Å²) >= 11 is 0. The van der Waals surface area contributed by atoms with E-state index < -0.39 is 0 Å². The van der Waals surface area contributed by atoms with Crippen molar-refractivity contribution in [1.29, 1.82) is 0 Å². The Morgan fingerprint density at radius 1 is 0.964 bits per heavy atom. The first-order valence-corrected chi connectivity index (χ1v) is 10.1. The van der Waals surface area contributed by atoms with Crippen LogP contribution in [-0.4, -0.2) is 38.3 Å². The third-order valence-electron chi connectivity index (χ3n) is 6.53. The largest absolute Gasteiger partial charge is 0.368 e. The Morgan fingerprint density at radius 2 is 1.75 bits per heavy atom. The number of nitrogens with zero attached hydrogens (tertiary/aromatic N) is 4. The lowest BCUT2D eigenvalue weighted by Crippen LogP contribution is -2.34. The summed E-state index contributed by atoms with van der Waals surface area (Å²) in [6, 6.07) is 4.31. The molecule has 144 valence electrons. The van der Waals surface area contributed by atoms with E-state index in [9.17, 15) is 0 Å². The number of imidazole rings is 2. The first-order chi connectivity index (χ1) is 13.7. The first kappa shape index (κ1) is 16.5. The van der Waals surface area contributed by atoms with Crippen molar-refractivity contribution in [1.82, 2.24) is 18.9 Å². The molecule has 1 saturated heterocycles. The van der Waals surface area contributed by atoms with Gasteiger partial charge in [-0.1, -0.05) is 6.07 Å². The van der Waals surface area contributed by atoms with Crippen LogP contribution in [0.15, 0.2) is 30.6 Å². The van der Waals surface area contributed by atoms with Crippen molar-refractivity contribution >= 4 is 11.8 Å². The van der Waals surface area contributed by atoms with Gasteiger partial charge in [0.2, 0.25) is 0 Å². The van der Waals surface area contributed by atoms with Gasteiger partial charge in [-0.05, 0) is 44.4 Å². The Balaban J connectivity index is 1.34. The van der Waals surface area contributed by atoms with Gasteiger partial charge < -0.3 is 18.4 Å². The molecule has 3 aromatic heterocycles. The molecule has 1 saturated carbocycles. The van der Waals surface area contributed by atoms with Crippen LogP contribution < -0.4 is 0 Å². The maximum Gasteiger partial charge on any atom is 0.145 e. The predicted molar refractivity (Wildman–Crippen MR) is 105 cm³/mol. The summed E-state index contributed by atoms with van der Waals surface area (Å²) < 4.78 is 16.1. The zero-order valence-electron chi connectivity index (χ0n) is 16.2. The summed E-state index contributed by atoms with van der Waals surface area (Å²) in [4.78, 5) is 9.98. The fourth-order valence-corrected chi connectivity index (χ4v) is 4.77. The molecule has 6 nitrogen and oxygen atoms in total. The second-order valence-electron chi connectivity index (χ2n) is 8.21. The quantitative estimate of drug-likeness (QED) is 0.684. The van der Waals surface area contributed by atoms with Crippen molar-refractivity contribution in [3.05, 3.63) is 59.1 Å². The fourth-order valence-electron chi connectivity index (χ4n) is 4.77. The van der Waals surface area contributed by atoms with Crippen LogP contribution in [0.4, 0.5) is 0 Å². The molecule has 1 aliphatic carbocycles. The van der Waals surface area contributed by atoms with Crippen LogP contribution in [0.1, 0.15) is 59.3 Å². The molecular formula is C22H24N4O2. The van der Waals surface area contributed by atoms with E-state index in [2.05, 4.69) is 59.6 Å². The van der Waals surface area contributed by atoms with Crippen molar-refractivity contribution in [2.24, 2.45) is 0 Å². The van der Waals surface area contributed by atoms with Crippen LogP contribution in [0.3, 0.4) is 0 Å². The molecule has 0 spiro atoms. The molecule has 6 rings (SSSR count). The van der Waals surface area contributed by atoms with E-state index in [-0.39, 0.29) is 12.2 Å². The van der Waals surface area contributed by atoms with Crippen LogP contribution in [-0.2, 0) is 9.47 Å². The molecule has 3 aromatic rings. The lowest BCUT2D eigenvalue weighted by molar-refractivity contribution is -0.128. The lowest BCUT2D eigenvalue weighted by atomic mass is 9.70. The minimum Gasteiger partial charge on any atom is -0.368 e. The van der Waals surface area contributed by atoms with Gasteiger partial charge in [0.1, 0.15) is 23.7 Å². The third kappa shape index (κ3) is 2.34. The average Bonchev–Trinajstić information content (AvgIpc) is 3.29. The predicted octanol–water partition coefficient (Wildman–Crippen LogP) is 3.75. The summed E-state index contributed by atoms with van der Waals surface area (Å²) in [5.41, 5.74) is 5.85. The monoisotopic (exact) mass is 376 g/mol. The normalized spacial score (nSPS) is 28.8. The highest BCUT2D eigenvalue weighted by Crippen LogP contribution is 2.49. The Hall–Kier alpha value is -2.44. The van der Waals surface area contributed by atoms with Gasteiger partial charge in [0, 0.05) is 36.1 Å². The first-order valence-electron chi connectivity index (χ1n) is 10.1. The van der Waals surface area contributed by atoms with Gasteiger partial charge >= 0.3 is 0 Å². The number of ether oxygens (including phenoxy) is 2. The van der Waals surface area contributed by atoms with Gasteiger partial charge in [-0.25, -0.2) is 9.97 Å². The van der Waals surface area contributed by atoms with Gasteiger partial charge in [-0.15, -0.1) is 0 Å². The number of hydrogen-bond donors (Lipinski definition) is 0. The minimum absolute atomic E-state index is 0.0157. The zero-order valence-corrected chi connectivity index (χ0v) is 16.2. The molecule has 0 bridgehead atoms. The Kier molecular flexibility index (Phi) is 3.55. The summed E-state index contributed by atoms with van der Waals surface area (Å²) in [7, 11) is 0. The maximum atomic E-state index is 5.96. The highest BCUT2D eigenvalue weighted by atomic mass is 16.6. The number of rotatable bonds is 2. The molecule has 4 unspecified atom stereocenters. The molecule has 28 heavy (non-hydrogen) atoms. The van der Waals surface area contributed by atoms with E-state index >= 15 is 0 Å². The standard InChI is InChI=1S/C22H24N4O2/c1-13-3-4-14(2)26-12-18(23-21(13)26)16-6-5-15(16)17-11-25-8-7-19-20(22(25)24-17)28-10-9-27-19/h3-4,7-8,11-12,15-16,19-20H,5-6,9-10H2,1-2H3. The number of aromatic nitrogens is 4. The Bertz CT molecular complexity index is 1060. The molecule has 5 heterocycles. The topological polar surface area (TPSA) is 53.6 Å². The molecule has 0 N–H and O–H groups in total. The van der Waals surface area contributed by atoms with Crippen molar-refractivity contribution in [3.63, 3.8) is 0 Å². The van der Waals surface area contributed by atoms with Crippen LogP contribution in [0.25, 0.3) is 11.8 Å². The van der Waals surface area contributed by atoms with Crippen LogP contribution in [0.5, 0.6) is 0 Å². The van der Waals surface area contributed by atoms with Gasteiger partial charge in [0.25, 0.3) is 0 Å². The SMILES string of the molecule is Cc1ccc(C)n2cc(C3CCC3c3cn4c(n3)C3OCCOC3C=C4)nc12. The summed E-state index contributed by atoms with van der Waals surface area (Å²) in [6.07, 6.45) is 10.7. The minimum atomic E-state index is -0.0912. The smallest absolute Gasteiger partial charge is 0.145 e. The summed E-state index contributed by atoms with van der Waals surface area (Å²) in [5.74, 6) is 1.81. The van der Waals surface area contributed by atoms with Crippen molar-refractivity contribution in [2.75, 3.05) is 13.2 Å². The van der Waals surface area contributed by atoms with Gasteiger partial charge in [0.15, 0.2) is 0 Å². The summed E-state index contributed by atoms with van der Waals surface area (Å²) in [5, 5.41) is 0. The van der Waals surface area contributed by atoms with Gasteiger partial charge in [-0.3, -0.25) is 0 Å². The fraction of sp³-hybridized carbons (Fsp3) is 0.455. The van der Waals surface area contributed by atoms with Crippen molar-refractivity contribution in [2.45, 2.75) is 50.7 Å². The summed E-state index contributed by atoms with van der Waals surface area (Å²) in [6.45, 7) is 5.54. The lowest BCUT2D eigenvalue weighted by Gasteiger charge is -2.34. The molecular weight excluding hydrogens is 352 g/mol. The number of fused-ring (bicyclic) bond motifs is 4. The molecule has 2 fully saturated rings. The van der Waals surface area contributed by atoms with Gasteiger partial charge in [0.05, 0.1) is 24.6 Å². The van der Waals surface area contributed by atoms with Crippen LogP contribution in [0, 0.1) is 13.8 Å². The Morgan fingerprint density at radius 3 is 2.54 bits per heavy atom. The van der Waals surface area contributed by atoms with Crippen LogP contribution in [0.2, 0.25) is 0 Å². The molecule has 6 heteroatoms. The van der Waals surface area contributed by atoms with E-state index in [1.165, 1.54) is 17.0 Å². The van der Waals surface area contributed by atoms with Gasteiger partial charge in [-0.2, -0.15) is 0 Å². The highest BCUT2D eigenvalue weighted by molar-refractivity contribution is 5.50. The highest BCUT2D eigenvalue weighted by Gasteiger charge is 2.39. The third-order valence-corrected chi connectivity index (χ3v) is 6.53. The van der Waals surface area contributed by atoms with E-state index in [4.69, 9.17) is 19.4 Å². The second kappa shape index (κ2) is 6.03. The maximum absolute atomic E-state index is 5.96. The molecule has 2 aliphatic heterocycles. The number of hydrogen-bond acceptors (Lipinski definition) is 4. The molecule has 0 radical (unpaired) electrons. The molecule has 3 aliphatic rings. The molecule has 0 aromatic carbocycles. The van der Waals surface area contributed by atoms with Crippen LogP contribution >= 0.6 is 0 Å². The average molecular weight is 376 g/mol. The van der Waals surface area contributed by atoms with E-state index in [1.807, 2.05) is 0 Å². The Labute approximate surface area is 163 Å². The zero-order chi connectivity index (χ0) is 18.8. The van der Waals surface area contributed by atoms with E-state index in [1.54, 1.807) is 0 Å².